The molecule has 4 rings (SSSR count). The van der Waals surface area contributed by atoms with Crippen molar-refractivity contribution in [3.8, 4) is 22.4 Å². The molecule has 0 radical (unpaired) electrons. The highest BCUT2D eigenvalue weighted by Gasteiger charge is 2.08. The molecular formula is C17H12N4. The molecule has 1 aromatic carbocycles. The van der Waals surface area contributed by atoms with Crippen molar-refractivity contribution in [2.24, 2.45) is 0 Å². The fourth-order valence-electron chi connectivity index (χ4n) is 2.36. The lowest BCUT2D eigenvalue weighted by atomic mass is 10.1. The summed E-state index contributed by atoms with van der Waals surface area (Å²) >= 11 is 0. The van der Waals surface area contributed by atoms with Crippen LogP contribution in [0.2, 0.25) is 0 Å². The summed E-state index contributed by atoms with van der Waals surface area (Å²) in [6.07, 6.45) is 7.35. The summed E-state index contributed by atoms with van der Waals surface area (Å²) in [7, 11) is 0. The standard InChI is InChI=1S/C17H12N4/c1-2-5-13(6-3-1)16-8-7-14(11-19-16)15-12-20-21-10-4-9-18-17(15)21/h1-12H. The van der Waals surface area contributed by atoms with Gasteiger partial charge in [-0.3, -0.25) is 4.98 Å². The molecule has 0 atom stereocenters. The second kappa shape index (κ2) is 4.83. The number of aromatic nitrogens is 4. The maximum absolute atomic E-state index is 4.55. The first-order valence-electron chi connectivity index (χ1n) is 6.72. The van der Waals surface area contributed by atoms with Crippen LogP contribution in [0.5, 0.6) is 0 Å². The number of fused-ring (bicyclic) bond motifs is 1. The van der Waals surface area contributed by atoms with Gasteiger partial charge in [0.2, 0.25) is 0 Å². The predicted molar refractivity (Wildman–Crippen MR) is 81.7 cm³/mol. The molecule has 4 nitrogen and oxygen atoms in total. The van der Waals surface area contributed by atoms with Crippen molar-refractivity contribution in [3.05, 3.63) is 73.3 Å². The lowest BCUT2D eigenvalue weighted by Gasteiger charge is -2.02. The minimum atomic E-state index is 0.840. The molecule has 21 heavy (non-hydrogen) atoms. The van der Waals surface area contributed by atoms with Crippen LogP contribution >= 0.6 is 0 Å². The van der Waals surface area contributed by atoms with Gasteiger partial charge in [0.05, 0.1) is 11.9 Å². The Labute approximate surface area is 121 Å². The van der Waals surface area contributed by atoms with Crippen LogP contribution < -0.4 is 0 Å². The Bertz CT molecular complexity index is 879. The van der Waals surface area contributed by atoms with Crippen LogP contribution in [-0.2, 0) is 0 Å². The van der Waals surface area contributed by atoms with E-state index < -0.39 is 0 Å². The van der Waals surface area contributed by atoms with Crippen LogP contribution in [0.4, 0.5) is 0 Å². The van der Waals surface area contributed by atoms with E-state index in [0.29, 0.717) is 0 Å². The van der Waals surface area contributed by atoms with Gasteiger partial charge >= 0.3 is 0 Å². The van der Waals surface area contributed by atoms with E-state index in [-0.39, 0.29) is 0 Å². The average molecular weight is 272 g/mol. The molecule has 4 aromatic rings. The van der Waals surface area contributed by atoms with E-state index in [1.807, 2.05) is 48.9 Å². The molecule has 3 heterocycles. The molecule has 3 aromatic heterocycles. The molecule has 0 aliphatic rings. The molecule has 0 fully saturated rings. The molecular weight excluding hydrogens is 260 g/mol. The summed E-state index contributed by atoms with van der Waals surface area (Å²) in [6.45, 7) is 0. The molecule has 0 spiro atoms. The van der Waals surface area contributed by atoms with Crippen LogP contribution in [0.3, 0.4) is 0 Å². The molecule has 0 saturated heterocycles. The van der Waals surface area contributed by atoms with E-state index in [0.717, 1.165) is 28.0 Å². The normalized spacial score (nSPS) is 10.9. The first kappa shape index (κ1) is 11.8. The van der Waals surface area contributed by atoms with Crippen LogP contribution in [0.25, 0.3) is 28.0 Å². The zero-order valence-corrected chi connectivity index (χ0v) is 11.2. The second-order valence-corrected chi connectivity index (χ2v) is 4.74. The van der Waals surface area contributed by atoms with Crippen molar-refractivity contribution in [2.75, 3.05) is 0 Å². The number of benzene rings is 1. The lowest BCUT2D eigenvalue weighted by Crippen LogP contribution is -1.88. The summed E-state index contributed by atoms with van der Waals surface area (Å²) in [5.41, 5.74) is 4.92. The van der Waals surface area contributed by atoms with Gasteiger partial charge in [-0.15, -0.1) is 0 Å². The maximum Gasteiger partial charge on any atom is 0.162 e. The molecule has 0 N–H and O–H groups in total. The fraction of sp³-hybridized carbons (Fsp3) is 0. The summed E-state index contributed by atoms with van der Waals surface area (Å²) < 4.78 is 1.76. The zero-order valence-electron chi connectivity index (χ0n) is 11.2. The molecule has 0 saturated carbocycles. The first-order valence-corrected chi connectivity index (χ1v) is 6.72. The Morgan fingerprint density at radius 2 is 1.67 bits per heavy atom. The Morgan fingerprint density at radius 1 is 0.762 bits per heavy atom. The summed E-state index contributed by atoms with van der Waals surface area (Å²) in [5, 5.41) is 4.30. The van der Waals surface area contributed by atoms with Crippen molar-refractivity contribution >= 4 is 5.65 Å². The van der Waals surface area contributed by atoms with E-state index in [9.17, 15) is 0 Å². The van der Waals surface area contributed by atoms with Gasteiger partial charge in [-0.1, -0.05) is 36.4 Å². The lowest BCUT2D eigenvalue weighted by molar-refractivity contribution is 0.939. The quantitative estimate of drug-likeness (QED) is 0.561. The van der Waals surface area contributed by atoms with Gasteiger partial charge in [0.1, 0.15) is 0 Å². The summed E-state index contributed by atoms with van der Waals surface area (Å²) in [4.78, 5) is 8.92. The molecule has 0 unspecified atom stereocenters. The third-order valence-corrected chi connectivity index (χ3v) is 3.42. The number of hydrogen-bond acceptors (Lipinski definition) is 3. The Hall–Kier alpha value is -3.01. The van der Waals surface area contributed by atoms with Gasteiger partial charge in [-0.05, 0) is 12.1 Å². The first-order chi connectivity index (χ1) is 10.4. The van der Waals surface area contributed by atoms with Crippen LogP contribution in [0.1, 0.15) is 0 Å². The second-order valence-electron chi connectivity index (χ2n) is 4.74. The summed E-state index contributed by atoms with van der Waals surface area (Å²) in [5.74, 6) is 0. The van der Waals surface area contributed by atoms with E-state index in [1.165, 1.54) is 0 Å². The highest BCUT2D eigenvalue weighted by molar-refractivity contribution is 5.77. The topological polar surface area (TPSA) is 43.1 Å². The third kappa shape index (κ3) is 2.07. The summed E-state index contributed by atoms with van der Waals surface area (Å²) in [6, 6.07) is 16.1. The minimum Gasteiger partial charge on any atom is -0.256 e. The van der Waals surface area contributed by atoms with Crippen LogP contribution in [0, 0.1) is 0 Å². The smallest absolute Gasteiger partial charge is 0.162 e. The van der Waals surface area contributed by atoms with E-state index in [4.69, 9.17) is 0 Å². The number of hydrogen-bond donors (Lipinski definition) is 0. The maximum atomic E-state index is 4.55. The highest BCUT2D eigenvalue weighted by Crippen LogP contribution is 2.24. The van der Waals surface area contributed by atoms with E-state index in [1.54, 1.807) is 10.7 Å². The van der Waals surface area contributed by atoms with Gasteiger partial charge in [-0.25, -0.2) is 9.50 Å². The largest absolute Gasteiger partial charge is 0.256 e. The van der Waals surface area contributed by atoms with Gasteiger partial charge in [0.25, 0.3) is 0 Å². The van der Waals surface area contributed by atoms with Gasteiger partial charge < -0.3 is 0 Å². The van der Waals surface area contributed by atoms with Crippen molar-refractivity contribution in [1.82, 2.24) is 19.6 Å². The molecule has 0 bridgehead atoms. The third-order valence-electron chi connectivity index (χ3n) is 3.42. The Morgan fingerprint density at radius 3 is 2.48 bits per heavy atom. The van der Waals surface area contributed by atoms with Gasteiger partial charge in [0, 0.05) is 35.3 Å². The zero-order chi connectivity index (χ0) is 14.1. The van der Waals surface area contributed by atoms with Gasteiger partial charge in [0.15, 0.2) is 5.65 Å². The molecule has 4 heteroatoms. The Balaban J connectivity index is 1.77. The molecule has 0 aliphatic carbocycles. The Kier molecular flexibility index (Phi) is 2.71. The van der Waals surface area contributed by atoms with E-state index >= 15 is 0 Å². The van der Waals surface area contributed by atoms with E-state index in [2.05, 4.69) is 33.3 Å². The van der Waals surface area contributed by atoms with Crippen LogP contribution in [0.15, 0.2) is 73.3 Å². The van der Waals surface area contributed by atoms with Gasteiger partial charge in [-0.2, -0.15) is 5.10 Å². The minimum absolute atomic E-state index is 0.840. The number of pyridine rings is 1. The van der Waals surface area contributed by atoms with Crippen LogP contribution in [-0.4, -0.2) is 19.6 Å². The fourth-order valence-corrected chi connectivity index (χ4v) is 2.36. The van der Waals surface area contributed by atoms with Crippen molar-refractivity contribution in [2.45, 2.75) is 0 Å². The molecule has 100 valence electrons. The van der Waals surface area contributed by atoms with Crippen molar-refractivity contribution in [1.29, 1.82) is 0 Å². The molecule has 0 aliphatic heterocycles. The molecule has 0 amide bonds. The SMILES string of the molecule is c1ccc(-c2ccc(-c3cnn4cccnc34)cn2)cc1. The monoisotopic (exact) mass is 272 g/mol. The highest BCUT2D eigenvalue weighted by atomic mass is 15.2. The number of nitrogens with zero attached hydrogens (tertiary/aromatic N) is 4. The predicted octanol–water partition coefficient (Wildman–Crippen LogP) is 3.46. The van der Waals surface area contributed by atoms with Crippen molar-refractivity contribution < 1.29 is 0 Å². The average Bonchev–Trinajstić information content (AvgIpc) is 3.00. The number of rotatable bonds is 2. The van der Waals surface area contributed by atoms with Crippen molar-refractivity contribution in [3.63, 3.8) is 0 Å².